The van der Waals surface area contributed by atoms with Gasteiger partial charge >= 0.3 is 0 Å². The van der Waals surface area contributed by atoms with Crippen molar-refractivity contribution >= 4 is 5.91 Å². The molecular weight excluding hydrogens is 366 g/mol. The van der Waals surface area contributed by atoms with Gasteiger partial charge in [-0.2, -0.15) is 0 Å². The van der Waals surface area contributed by atoms with Gasteiger partial charge in [-0.1, -0.05) is 0 Å². The Labute approximate surface area is 172 Å². The standard InChI is InChI=1S/C23H31N3O3/c1-17-15-24-22(19-9-13-29-14-10-19)26(17)16-18-7-11-25(12-8-18)23(27)20-3-5-21(28-2)6-4-20/h3-6,15,18-19H,7-14,16H2,1-2H3. The van der Waals surface area contributed by atoms with E-state index in [1.807, 2.05) is 35.4 Å². The average Bonchev–Trinajstić information content (AvgIpc) is 3.14. The smallest absolute Gasteiger partial charge is 0.253 e. The summed E-state index contributed by atoms with van der Waals surface area (Å²) >= 11 is 0. The van der Waals surface area contributed by atoms with Gasteiger partial charge in [0.15, 0.2) is 0 Å². The zero-order valence-corrected chi connectivity index (χ0v) is 17.5. The maximum Gasteiger partial charge on any atom is 0.253 e. The topological polar surface area (TPSA) is 56.6 Å². The molecule has 156 valence electrons. The van der Waals surface area contributed by atoms with Crippen LogP contribution in [-0.2, 0) is 11.3 Å². The third kappa shape index (κ3) is 4.47. The van der Waals surface area contributed by atoms with E-state index >= 15 is 0 Å². The van der Waals surface area contributed by atoms with Gasteiger partial charge in [-0.15, -0.1) is 0 Å². The molecule has 3 heterocycles. The van der Waals surface area contributed by atoms with Crippen molar-refractivity contribution in [3.8, 4) is 5.75 Å². The van der Waals surface area contributed by atoms with Gasteiger partial charge in [0.2, 0.25) is 0 Å². The second-order valence-corrected chi connectivity index (χ2v) is 8.22. The fourth-order valence-electron chi connectivity index (χ4n) is 4.49. The van der Waals surface area contributed by atoms with E-state index in [0.29, 0.717) is 11.8 Å². The van der Waals surface area contributed by atoms with Gasteiger partial charge in [-0.3, -0.25) is 4.79 Å². The number of likely N-dealkylation sites (tertiary alicyclic amines) is 1. The number of hydrogen-bond donors (Lipinski definition) is 0. The van der Waals surface area contributed by atoms with Crippen LogP contribution in [0.25, 0.3) is 0 Å². The molecule has 2 aliphatic rings. The maximum absolute atomic E-state index is 12.8. The Morgan fingerprint density at radius 1 is 1.14 bits per heavy atom. The van der Waals surface area contributed by atoms with Crippen LogP contribution in [0.15, 0.2) is 30.5 Å². The van der Waals surface area contributed by atoms with E-state index in [1.54, 1.807) is 7.11 Å². The van der Waals surface area contributed by atoms with Crippen LogP contribution in [0.4, 0.5) is 0 Å². The summed E-state index contributed by atoms with van der Waals surface area (Å²) in [5, 5.41) is 0. The average molecular weight is 398 g/mol. The summed E-state index contributed by atoms with van der Waals surface area (Å²) in [7, 11) is 1.64. The Morgan fingerprint density at radius 3 is 2.48 bits per heavy atom. The molecule has 0 unspecified atom stereocenters. The van der Waals surface area contributed by atoms with Crippen LogP contribution in [-0.4, -0.2) is 53.8 Å². The number of rotatable bonds is 5. The summed E-state index contributed by atoms with van der Waals surface area (Å²) in [6.07, 6.45) is 6.20. The molecular formula is C23H31N3O3. The highest BCUT2D eigenvalue weighted by molar-refractivity contribution is 5.94. The van der Waals surface area contributed by atoms with Crippen molar-refractivity contribution in [1.29, 1.82) is 0 Å². The van der Waals surface area contributed by atoms with Gasteiger partial charge in [0.25, 0.3) is 5.91 Å². The molecule has 1 aromatic heterocycles. The fraction of sp³-hybridized carbons (Fsp3) is 0.565. The molecule has 0 radical (unpaired) electrons. The summed E-state index contributed by atoms with van der Waals surface area (Å²) in [4.78, 5) is 19.5. The molecule has 2 fully saturated rings. The largest absolute Gasteiger partial charge is 0.497 e. The zero-order chi connectivity index (χ0) is 20.2. The number of carbonyl (C=O) groups is 1. The highest BCUT2D eigenvalue weighted by Crippen LogP contribution is 2.29. The highest BCUT2D eigenvalue weighted by atomic mass is 16.5. The molecule has 0 N–H and O–H groups in total. The van der Waals surface area contributed by atoms with Crippen molar-refractivity contribution in [2.75, 3.05) is 33.4 Å². The first-order chi connectivity index (χ1) is 14.2. The predicted molar refractivity (Wildman–Crippen MR) is 111 cm³/mol. The normalized spacial score (nSPS) is 18.8. The molecule has 0 spiro atoms. The molecule has 6 heteroatoms. The second kappa shape index (κ2) is 8.99. The third-order valence-corrected chi connectivity index (χ3v) is 6.35. The Bertz CT molecular complexity index is 816. The van der Waals surface area contributed by atoms with Gasteiger partial charge in [0.05, 0.1) is 7.11 Å². The number of imidazole rings is 1. The summed E-state index contributed by atoms with van der Waals surface area (Å²) in [6, 6.07) is 7.39. The van der Waals surface area contributed by atoms with Crippen molar-refractivity contribution in [2.45, 2.75) is 45.1 Å². The van der Waals surface area contributed by atoms with E-state index in [4.69, 9.17) is 14.5 Å². The van der Waals surface area contributed by atoms with Crippen LogP contribution in [0, 0.1) is 12.8 Å². The summed E-state index contributed by atoms with van der Waals surface area (Å²) in [6.45, 7) is 6.46. The summed E-state index contributed by atoms with van der Waals surface area (Å²) < 4.78 is 13.1. The van der Waals surface area contributed by atoms with Crippen molar-refractivity contribution in [3.63, 3.8) is 0 Å². The lowest BCUT2D eigenvalue weighted by atomic mass is 9.95. The quantitative estimate of drug-likeness (QED) is 0.773. The van der Waals surface area contributed by atoms with Gasteiger partial charge < -0.3 is 18.9 Å². The van der Waals surface area contributed by atoms with Crippen molar-refractivity contribution in [1.82, 2.24) is 14.5 Å². The van der Waals surface area contributed by atoms with Crippen molar-refractivity contribution in [3.05, 3.63) is 47.5 Å². The van der Waals surface area contributed by atoms with E-state index in [9.17, 15) is 4.79 Å². The molecule has 2 aromatic rings. The lowest BCUT2D eigenvalue weighted by Crippen LogP contribution is -2.39. The Balaban J connectivity index is 1.35. The number of amides is 1. The van der Waals surface area contributed by atoms with Crippen LogP contribution in [0.5, 0.6) is 5.75 Å². The fourth-order valence-corrected chi connectivity index (χ4v) is 4.49. The van der Waals surface area contributed by atoms with E-state index < -0.39 is 0 Å². The van der Waals surface area contributed by atoms with Crippen LogP contribution in [0.2, 0.25) is 0 Å². The molecule has 29 heavy (non-hydrogen) atoms. The van der Waals surface area contributed by atoms with Gasteiger partial charge in [-0.05, 0) is 62.8 Å². The van der Waals surface area contributed by atoms with Crippen LogP contribution in [0.3, 0.4) is 0 Å². The van der Waals surface area contributed by atoms with E-state index in [-0.39, 0.29) is 5.91 Å². The predicted octanol–water partition coefficient (Wildman–Crippen LogP) is 3.65. The van der Waals surface area contributed by atoms with Crippen LogP contribution in [0.1, 0.15) is 53.5 Å². The number of carbonyl (C=O) groups excluding carboxylic acids is 1. The van der Waals surface area contributed by atoms with Crippen molar-refractivity contribution in [2.24, 2.45) is 5.92 Å². The Kier molecular flexibility index (Phi) is 6.19. The third-order valence-electron chi connectivity index (χ3n) is 6.35. The minimum atomic E-state index is 0.118. The number of methoxy groups -OCH3 is 1. The molecule has 0 bridgehead atoms. The zero-order valence-electron chi connectivity index (χ0n) is 17.5. The molecule has 2 saturated heterocycles. The molecule has 4 rings (SSSR count). The minimum absolute atomic E-state index is 0.118. The first-order valence-electron chi connectivity index (χ1n) is 10.7. The van der Waals surface area contributed by atoms with Crippen LogP contribution >= 0.6 is 0 Å². The Morgan fingerprint density at radius 2 is 1.83 bits per heavy atom. The van der Waals surface area contributed by atoms with Gasteiger partial charge in [0.1, 0.15) is 11.6 Å². The molecule has 0 aliphatic carbocycles. The Hall–Kier alpha value is -2.34. The van der Waals surface area contributed by atoms with E-state index in [2.05, 4.69) is 11.5 Å². The number of aromatic nitrogens is 2. The first kappa shape index (κ1) is 20.0. The van der Waals surface area contributed by atoms with Gasteiger partial charge in [0, 0.05) is 56.2 Å². The number of piperidine rings is 1. The van der Waals surface area contributed by atoms with E-state index in [1.165, 1.54) is 11.5 Å². The van der Waals surface area contributed by atoms with Crippen LogP contribution < -0.4 is 4.74 Å². The highest BCUT2D eigenvalue weighted by Gasteiger charge is 2.27. The second-order valence-electron chi connectivity index (χ2n) is 8.22. The maximum atomic E-state index is 12.8. The monoisotopic (exact) mass is 397 g/mol. The minimum Gasteiger partial charge on any atom is -0.497 e. The molecule has 0 saturated carbocycles. The van der Waals surface area contributed by atoms with Gasteiger partial charge in [-0.25, -0.2) is 4.98 Å². The number of aryl methyl sites for hydroxylation is 1. The molecule has 1 amide bonds. The van der Waals surface area contributed by atoms with E-state index in [0.717, 1.165) is 69.8 Å². The number of hydrogen-bond acceptors (Lipinski definition) is 4. The molecule has 1 aromatic carbocycles. The van der Waals surface area contributed by atoms with Crippen molar-refractivity contribution < 1.29 is 14.3 Å². The summed E-state index contributed by atoms with van der Waals surface area (Å²) in [5.41, 5.74) is 1.97. The molecule has 6 nitrogen and oxygen atoms in total. The SMILES string of the molecule is COc1ccc(C(=O)N2CCC(Cn3c(C)cnc3C3CCOCC3)CC2)cc1. The molecule has 2 aliphatic heterocycles. The number of benzene rings is 1. The molecule has 0 atom stereocenters. The lowest BCUT2D eigenvalue weighted by Gasteiger charge is -2.33. The first-order valence-corrected chi connectivity index (χ1v) is 10.7. The number of ether oxygens (including phenoxy) is 2. The number of nitrogens with zero attached hydrogens (tertiary/aromatic N) is 3. The summed E-state index contributed by atoms with van der Waals surface area (Å²) in [5.74, 6) is 3.21. The lowest BCUT2D eigenvalue weighted by molar-refractivity contribution is 0.0679.